The zero-order valence-electron chi connectivity index (χ0n) is 7.62. The second kappa shape index (κ2) is 3.37. The van der Waals surface area contributed by atoms with Crippen LogP contribution in [0.3, 0.4) is 0 Å². The van der Waals surface area contributed by atoms with Gasteiger partial charge in [-0.2, -0.15) is 5.26 Å². The van der Waals surface area contributed by atoms with E-state index in [1.807, 2.05) is 6.07 Å². The van der Waals surface area contributed by atoms with Crippen LogP contribution in [0.1, 0.15) is 25.7 Å². The van der Waals surface area contributed by atoms with Gasteiger partial charge < -0.3 is 5.32 Å². The van der Waals surface area contributed by atoms with Crippen LogP contribution in [-0.2, 0) is 4.79 Å². The molecule has 1 amide bonds. The van der Waals surface area contributed by atoms with Gasteiger partial charge in [-0.05, 0) is 18.3 Å². The van der Waals surface area contributed by atoms with Gasteiger partial charge in [-0.3, -0.25) is 4.79 Å². The second-order valence-electron chi connectivity index (χ2n) is 4.07. The van der Waals surface area contributed by atoms with E-state index in [-0.39, 0.29) is 18.4 Å². The molecule has 2 fully saturated rings. The third kappa shape index (κ3) is 1.67. The van der Waals surface area contributed by atoms with Crippen LogP contribution in [0.2, 0.25) is 0 Å². The van der Waals surface area contributed by atoms with Crippen molar-refractivity contribution in [3.05, 3.63) is 0 Å². The number of carbonyl (C=O) groups excluding carboxylic acids is 1. The van der Waals surface area contributed by atoms with Crippen LogP contribution in [0.4, 0.5) is 0 Å². The Kier molecular flexibility index (Phi) is 2.22. The monoisotopic (exact) mass is 178 g/mol. The molecule has 2 atom stereocenters. The minimum absolute atomic E-state index is 0.0958. The molecule has 13 heavy (non-hydrogen) atoms. The lowest BCUT2D eigenvalue weighted by Gasteiger charge is -2.25. The molecule has 70 valence electrons. The van der Waals surface area contributed by atoms with E-state index in [9.17, 15) is 4.79 Å². The summed E-state index contributed by atoms with van der Waals surface area (Å²) in [5.41, 5.74) is 0. The lowest BCUT2D eigenvalue weighted by Crippen LogP contribution is -2.27. The van der Waals surface area contributed by atoms with E-state index in [4.69, 9.17) is 5.26 Å². The van der Waals surface area contributed by atoms with Crippen molar-refractivity contribution in [3.8, 4) is 6.07 Å². The number of hydrogen-bond acceptors (Lipinski definition) is 2. The van der Waals surface area contributed by atoms with Crippen molar-refractivity contribution in [2.24, 2.45) is 17.8 Å². The van der Waals surface area contributed by atoms with Crippen molar-refractivity contribution in [1.82, 2.24) is 5.32 Å². The van der Waals surface area contributed by atoms with Gasteiger partial charge in [0.25, 0.3) is 0 Å². The van der Waals surface area contributed by atoms with Crippen molar-refractivity contribution in [1.29, 1.82) is 5.26 Å². The number of nitrogens with one attached hydrogen (secondary N) is 1. The average Bonchev–Trinajstić information content (AvgIpc) is 2.77. The first-order valence-electron chi connectivity index (χ1n) is 4.97. The maximum atomic E-state index is 11.4. The van der Waals surface area contributed by atoms with Crippen LogP contribution in [0.25, 0.3) is 0 Å². The Bertz CT molecular complexity index is 252. The first kappa shape index (κ1) is 8.55. The molecule has 0 aromatic rings. The highest BCUT2D eigenvalue weighted by atomic mass is 16.2. The Morgan fingerprint density at radius 3 is 2.85 bits per heavy atom. The highest BCUT2D eigenvalue weighted by Crippen LogP contribution is 2.51. The number of carbonyl (C=O) groups is 1. The van der Waals surface area contributed by atoms with Crippen LogP contribution >= 0.6 is 0 Å². The molecule has 3 nitrogen and oxygen atoms in total. The number of rotatable bonds is 3. The lowest BCUT2D eigenvalue weighted by molar-refractivity contribution is -0.122. The minimum atomic E-state index is 0.0958. The molecule has 0 aromatic heterocycles. The summed E-state index contributed by atoms with van der Waals surface area (Å²) in [6.45, 7) is 0.159. The van der Waals surface area contributed by atoms with Gasteiger partial charge >= 0.3 is 0 Å². The van der Waals surface area contributed by atoms with Gasteiger partial charge in [0.2, 0.25) is 5.91 Å². The standard InChI is InChI=1S/C10H14N2O/c11-4-5-12-10(13)9-6-8(9)7-2-1-3-7/h7-9H,1-3,5-6H2,(H,12,13). The highest BCUT2D eigenvalue weighted by molar-refractivity contribution is 5.81. The smallest absolute Gasteiger partial charge is 0.224 e. The van der Waals surface area contributed by atoms with Gasteiger partial charge in [-0.1, -0.05) is 19.3 Å². The molecule has 0 bridgehead atoms. The van der Waals surface area contributed by atoms with Gasteiger partial charge in [-0.25, -0.2) is 0 Å². The van der Waals surface area contributed by atoms with Crippen LogP contribution in [-0.4, -0.2) is 12.5 Å². The Hall–Kier alpha value is -1.04. The average molecular weight is 178 g/mol. The maximum absolute atomic E-state index is 11.4. The number of nitriles is 1. The summed E-state index contributed by atoms with van der Waals surface area (Å²) in [7, 11) is 0. The molecule has 0 aromatic carbocycles. The zero-order chi connectivity index (χ0) is 9.26. The van der Waals surface area contributed by atoms with E-state index < -0.39 is 0 Å². The summed E-state index contributed by atoms with van der Waals surface area (Å²) in [4.78, 5) is 11.4. The fourth-order valence-corrected chi connectivity index (χ4v) is 2.16. The molecule has 0 saturated heterocycles. The summed E-state index contributed by atoms with van der Waals surface area (Å²) >= 11 is 0. The third-order valence-corrected chi connectivity index (χ3v) is 3.27. The fourth-order valence-electron chi connectivity index (χ4n) is 2.16. The zero-order valence-corrected chi connectivity index (χ0v) is 7.62. The van der Waals surface area contributed by atoms with E-state index in [1.54, 1.807) is 0 Å². The lowest BCUT2D eigenvalue weighted by atomic mass is 9.81. The number of amides is 1. The largest absolute Gasteiger partial charge is 0.343 e. The van der Waals surface area contributed by atoms with Crippen LogP contribution in [0, 0.1) is 29.1 Å². The van der Waals surface area contributed by atoms with E-state index >= 15 is 0 Å². The number of nitrogens with zero attached hydrogens (tertiary/aromatic N) is 1. The van der Waals surface area contributed by atoms with Gasteiger partial charge in [0, 0.05) is 5.92 Å². The molecule has 2 rings (SSSR count). The van der Waals surface area contributed by atoms with Gasteiger partial charge in [0.1, 0.15) is 6.54 Å². The Labute approximate surface area is 78.1 Å². The Morgan fingerprint density at radius 1 is 1.54 bits per heavy atom. The topological polar surface area (TPSA) is 52.9 Å². The Balaban J connectivity index is 1.72. The predicted octanol–water partition coefficient (Wildman–Crippen LogP) is 1.06. The van der Waals surface area contributed by atoms with Crippen molar-refractivity contribution in [3.63, 3.8) is 0 Å². The quantitative estimate of drug-likeness (QED) is 0.657. The molecule has 2 saturated carbocycles. The molecule has 0 aliphatic heterocycles. The Morgan fingerprint density at radius 2 is 2.31 bits per heavy atom. The van der Waals surface area contributed by atoms with Crippen molar-refractivity contribution in [2.45, 2.75) is 25.7 Å². The summed E-state index contributed by atoms with van der Waals surface area (Å²) < 4.78 is 0. The summed E-state index contributed by atoms with van der Waals surface area (Å²) in [6, 6.07) is 1.92. The first-order chi connectivity index (χ1) is 6.33. The van der Waals surface area contributed by atoms with Crippen molar-refractivity contribution >= 4 is 5.91 Å². The molecule has 2 aliphatic carbocycles. The minimum Gasteiger partial charge on any atom is -0.343 e. The molecule has 0 spiro atoms. The van der Waals surface area contributed by atoms with Crippen molar-refractivity contribution < 1.29 is 4.79 Å². The molecular weight excluding hydrogens is 164 g/mol. The van der Waals surface area contributed by atoms with E-state index in [0.717, 1.165) is 12.3 Å². The van der Waals surface area contributed by atoms with Crippen LogP contribution < -0.4 is 5.32 Å². The third-order valence-electron chi connectivity index (χ3n) is 3.27. The summed E-state index contributed by atoms with van der Waals surface area (Å²) in [6.07, 6.45) is 5.02. The first-order valence-corrected chi connectivity index (χ1v) is 4.97. The summed E-state index contributed by atoms with van der Waals surface area (Å²) in [5, 5.41) is 10.9. The highest BCUT2D eigenvalue weighted by Gasteiger charge is 2.48. The normalized spacial score (nSPS) is 31.6. The van der Waals surface area contributed by atoms with Gasteiger partial charge in [0.05, 0.1) is 6.07 Å². The van der Waals surface area contributed by atoms with Crippen molar-refractivity contribution in [2.75, 3.05) is 6.54 Å². The summed E-state index contributed by atoms with van der Waals surface area (Å²) in [5.74, 6) is 1.79. The molecule has 2 unspecified atom stereocenters. The van der Waals surface area contributed by atoms with E-state index in [0.29, 0.717) is 5.92 Å². The fraction of sp³-hybridized carbons (Fsp3) is 0.800. The molecule has 2 aliphatic rings. The number of hydrogen-bond donors (Lipinski definition) is 1. The molecular formula is C10H14N2O. The van der Waals surface area contributed by atoms with Crippen LogP contribution in [0.5, 0.6) is 0 Å². The second-order valence-corrected chi connectivity index (χ2v) is 4.07. The van der Waals surface area contributed by atoms with E-state index in [2.05, 4.69) is 5.32 Å². The predicted molar refractivity (Wildman–Crippen MR) is 47.6 cm³/mol. The van der Waals surface area contributed by atoms with Gasteiger partial charge in [-0.15, -0.1) is 0 Å². The molecule has 0 radical (unpaired) electrons. The molecule has 0 heterocycles. The SMILES string of the molecule is N#CCNC(=O)C1CC1C1CCC1. The maximum Gasteiger partial charge on any atom is 0.224 e. The molecule has 1 N–H and O–H groups in total. The molecule has 3 heteroatoms. The van der Waals surface area contributed by atoms with Crippen LogP contribution in [0.15, 0.2) is 0 Å². The van der Waals surface area contributed by atoms with Gasteiger partial charge in [0.15, 0.2) is 0 Å². The van der Waals surface area contributed by atoms with E-state index in [1.165, 1.54) is 19.3 Å².